The first kappa shape index (κ1) is 13.1. The second-order valence-corrected chi connectivity index (χ2v) is 4.54. The van der Waals surface area contributed by atoms with Crippen LogP contribution in [0.4, 0.5) is 0 Å². The Balaban J connectivity index is 2.22. The van der Waals surface area contributed by atoms with E-state index < -0.39 is 5.97 Å². The summed E-state index contributed by atoms with van der Waals surface area (Å²) in [5.74, 6) is 0.101. The molecule has 0 aromatic heterocycles. The van der Waals surface area contributed by atoms with Gasteiger partial charge in [0.05, 0.1) is 21.7 Å². The third kappa shape index (κ3) is 3.12. The van der Waals surface area contributed by atoms with Gasteiger partial charge in [0.15, 0.2) is 0 Å². The molecular weight excluding hydrogens is 310 g/mol. The van der Waals surface area contributed by atoms with Crippen molar-refractivity contribution in [3.05, 3.63) is 58.1 Å². The van der Waals surface area contributed by atoms with Gasteiger partial charge < -0.3 is 9.84 Å². The summed E-state index contributed by atoms with van der Waals surface area (Å²) in [6.07, 6.45) is 0. The lowest BCUT2D eigenvalue weighted by molar-refractivity contribution is 0.0697. The normalized spacial score (nSPS) is 9.68. The molecule has 0 unspecified atom stereocenters. The van der Waals surface area contributed by atoms with Crippen molar-refractivity contribution in [1.29, 1.82) is 5.26 Å². The number of ether oxygens (including phenoxy) is 1. The van der Waals surface area contributed by atoms with E-state index in [2.05, 4.69) is 15.9 Å². The van der Waals surface area contributed by atoms with Crippen LogP contribution in [0.1, 0.15) is 15.9 Å². The van der Waals surface area contributed by atoms with Gasteiger partial charge in [-0.05, 0) is 58.4 Å². The van der Waals surface area contributed by atoms with Crippen LogP contribution < -0.4 is 4.74 Å². The predicted octanol–water partition coefficient (Wildman–Crippen LogP) is 3.81. The topological polar surface area (TPSA) is 70.3 Å². The molecule has 0 aliphatic carbocycles. The molecule has 5 heteroatoms. The highest BCUT2D eigenvalue weighted by atomic mass is 79.9. The van der Waals surface area contributed by atoms with E-state index in [0.29, 0.717) is 21.5 Å². The molecule has 2 aromatic carbocycles. The number of halogens is 1. The van der Waals surface area contributed by atoms with E-state index in [1.54, 1.807) is 30.3 Å². The Bertz CT molecular complexity index is 659. The fraction of sp³-hybridized carbons (Fsp3) is 0. The third-order valence-corrected chi connectivity index (χ3v) is 3.01. The number of carboxylic acid groups (broad SMARTS) is 1. The van der Waals surface area contributed by atoms with Gasteiger partial charge in [0, 0.05) is 0 Å². The number of benzene rings is 2. The maximum atomic E-state index is 10.7. The smallest absolute Gasteiger partial charge is 0.335 e. The van der Waals surface area contributed by atoms with E-state index >= 15 is 0 Å². The highest BCUT2D eigenvalue weighted by Crippen LogP contribution is 2.30. The third-order valence-electron chi connectivity index (χ3n) is 2.39. The molecule has 0 fully saturated rings. The largest absolute Gasteiger partial charge is 0.478 e. The first-order chi connectivity index (χ1) is 9.10. The van der Waals surface area contributed by atoms with Gasteiger partial charge in [-0.1, -0.05) is 0 Å². The number of nitriles is 1. The highest BCUT2D eigenvalue weighted by molar-refractivity contribution is 9.10. The van der Waals surface area contributed by atoms with Crippen LogP contribution in [0, 0.1) is 11.3 Å². The molecule has 0 aliphatic rings. The maximum absolute atomic E-state index is 10.7. The van der Waals surface area contributed by atoms with Crippen LogP contribution in [-0.4, -0.2) is 11.1 Å². The van der Waals surface area contributed by atoms with E-state index in [1.807, 2.05) is 6.07 Å². The minimum absolute atomic E-state index is 0.200. The zero-order valence-corrected chi connectivity index (χ0v) is 11.2. The van der Waals surface area contributed by atoms with Gasteiger partial charge in [-0.2, -0.15) is 5.26 Å². The molecule has 2 rings (SSSR count). The van der Waals surface area contributed by atoms with Crippen molar-refractivity contribution in [2.75, 3.05) is 0 Å². The van der Waals surface area contributed by atoms with Gasteiger partial charge in [-0.3, -0.25) is 0 Å². The second kappa shape index (κ2) is 5.55. The molecule has 0 spiro atoms. The molecule has 0 saturated heterocycles. The molecular formula is C14H8BrNO3. The lowest BCUT2D eigenvalue weighted by Crippen LogP contribution is -1.95. The summed E-state index contributed by atoms with van der Waals surface area (Å²) in [4.78, 5) is 10.7. The molecule has 0 aliphatic heterocycles. The number of carboxylic acids is 1. The summed E-state index contributed by atoms with van der Waals surface area (Å²) < 4.78 is 6.26. The highest BCUT2D eigenvalue weighted by Gasteiger charge is 2.06. The number of rotatable bonds is 3. The molecule has 0 radical (unpaired) electrons. The van der Waals surface area contributed by atoms with Gasteiger partial charge in [0.2, 0.25) is 0 Å². The van der Waals surface area contributed by atoms with E-state index in [1.165, 1.54) is 12.1 Å². The van der Waals surface area contributed by atoms with Crippen molar-refractivity contribution in [1.82, 2.24) is 0 Å². The maximum Gasteiger partial charge on any atom is 0.335 e. The zero-order valence-electron chi connectivity index (χ0n) is 9.63. The predicted molar refractivity (Wildman–Crippen MR) is 72.3 cm³/mol. The summed E-state index contributed by atoms with van der Waals surface area (Å²) in [5, 5.41) is 17.5. The lowest BCUT2D eigenvalue weighted by Gasteiger charge is -2.08. The van der Waals surface area contributed by atoms with Crippen LogP contribution >= 0.6 is 15.9 Å². The molecule has 2 aromatic rings. The molecule has 0 heterocycles. The van der Waals surface area contributed by atoms with E-state index in [-0.39, 0.29) is 5.56 Å². The molecule has 19 heavy (non-hydrogen) atoms. The average molecular weight is 318 g/mol. The van der Waals surface area contributed by atoms with Crippen LogP contribution in [0.25, 0.3) is 0 Å². The van der Waals surface area contributed by atoms with Gasteiger partial charge in [-0.25, -0.2) is 4.79 Å². The van der Waals surface area contributed by atoms with Gasteiger partial charge in [0.1, 0.15) is 11.5 Å². The summed E-state index contributed by atoms with van der Waals surface area (Å²) in [6.45, 7) is 0. The summed E-state index contributed by atoms with van der Waals surface area (Å²) >= 11 is 3.31. The van der Waals surface area contributed by atoms with Gasteiger partial charge in [-0.15, -0.1) is 0 Å². The van der Waals surface area contributed by atoms with Crippen molar-refractivity contribution in [3.63, 3.8) is 0 Å². The van der Waals surface area contributed by atoms with E-state index in [4.69, 9.17) is 15.1 Å². The molecule has 94 valence electrons. The molecule has 4 nitrogen and oxygen atoms in total. The monoisotopic (exact) mass is 317 g/mol. The Labute approximate surface area is 118 Å². The molecule has 0 atom stereocenters. The quantitative estimate of drug-likeness (QED) is 0.934. The average Bonchev–Trinajstić information content (AvgIpc) is 2.41. The Kier molecular flexibility index (Phi) is 3.83. The van der Waals surface area contributed by atoms with Crippen molar-refractivity contribution >= 4 is 21.9 Å². The summed E-state index contributed by atoms with van der Waals surface area (Å²) in [5.41, 5.74) is 0.728. The van der Waals surface area contributed by atoms with E-state index in [9.17, 15) is 4.79 Å². The summed E-state index contributed by atoms with van der Waals surface area (Å²) in [7, 11) is 0. The number of carbonyl (C=O) groups is 1. The SMILES string of the molecule is N#Cc1ccc(Oc2ccc(C(=O)O)cc2)c(Br)c1. The minimum atomic E-state index is -0.980. The van der Waals surface area contributed by atoms with Gasteiger partial charge >= 0.3 is 5.97 Å². The van der Waals surface area contributed by atoms with Crippen LogP contribution in [0.15, 0.2) is 46.9 Å². The number of aromatic carboxylic acids is 1. The fourth-order valence-electron chi connectivity index (χ4n) is 1.45. The Morgan fingerprint density at radius 2 is 1.89 bits per heavy atom. The van der Waals surface area contributed by atoms with Crippen LogP contribution in [0.5, 0.6) is 11.5 Å². The van der Waals surface area contributed by atoms with Crippen molar-refractivity contribution in [2.24, 2.45) is 0 Å². The summed E-state index contributed by atoms with van der Waals surface area (Å²) in [6, 6.07) is 13.1. The Hall–Kier alpha value is -2.32. The molecule has 1 N–H and O–H groups in total. The van der Waals surface area contributed by atoms with Crippen LogP contribution in [-0.2, 0) is 0 Å². The Morgan fingerprint density at radius 1 is 1.21 bits per heavy atom. The van der Waals surface area contributed by atoms with Crippen molar-refractivity contribution < 1.29 is 14.6 Å². The van der Waals surface area contributed by atoms with E-state index in [0.717, 1.165) is 0 Å². The minimum Gasteiger partial charge on any atom is -0.478 e. The first-order valence-corrected chi connectivity index (χ1v) is 6.10. The number of hydrogen-bond acceptors (Lipinski definition) is 3. The fourth-order valence-corrected chi connectivity index (χ4v) is 1.91. The number of nitrogens with zero attached hydrogens (tertiary/aromatic N) is 1. The number of hydrogen-bond donors (Lipinski definition) is 1. The molecule has 0 amide bonds. The molecule has 0 saturated carbocycles. The standard InChI is InChI=1S/C14H8BrNO3/c15-12-7-9(8-16)1-6-13(12)19-11-4-2-10(3-5-11)14(17)18/h1-7H,(H,17,18). The first-order valence-electron chi connectivity index (χ1n) is 5.31. The Morgan fingerprint density at radius 3 is 2.42 bits per heavy atom. The molecule has 0 bridgehead atoms. The van der Waals surface area contributed by atoms with Crippen LogP contribution in [0.3, 0.4) is 0 Å². The zero-order chi connectivity index (χ0) is 13.8. The lowest BCUT2D eigenvalue weighted by atomic mass is 10.2. The second-order valence-electron chi connectivity index (χ2n) is 3.69. The van der Waals surface area contributed by atoms with Crippen molar-refractivity contribution in [3.8, 4) is 17.6 Å². The van der Waals surface area contributed by atoms with Gasteiger partial charge in [0.25, 0.3) is 0 Å². The van der Waals surface area contributed by atoms with Crippen LogP contribution in [0.2, 0.25) is 0 Å². The van der Waals surface area contributed by atoms with Crippen molar-refractivity contribution in [2.45, 2.75) is 0 Å².